The van der Waals surface area contributed by atoms with E-state index in [1.807, 2.05) is 0 Å². The summed E-state index contributed by atoms with van der Waals surface area (Å²) in [5.74, 6) is -0.957. The summed E-state index contributed by atoms with van der Waals surface area (Å²) in [6.07, 6.45) is 0.0214. The second-order valence-corrected chi connectivity index (χ2v) is 4.79. The molecule has 0 bridgehead atoms. The first-order chi connectivity index (χ1) is 7.34. The summed E-state index contributed by atoms with van der Waals surface area (Å²) in [7, 11) is 0. The average Bonchev–Trinajstić information content (AvgIpc) is 2.43. The highest BCUT2D eigenvalue weighted by Crippen LogP contribution is 2.35. The molecule has 0 radical (unpaired) electrons. The van der Waals surface area contributed by atoms with Crippen LogP contribution in [0.4, 0.5) is 0 Å². The Morgan fingerprint density at radius 1 is 1.19 bits per heavy atom. The van der Waals surface area contributed by atoms with Gasteiger partial charge < -0.3 is 15.3 Å². The molecule has 0 aromatic carbocycles. The standard InChI is InChI=1S/C10H17NO5/c1-9(2)3-7(15)11(8(9)16)10(4-12,5-13)6-14/h12-14H,3-6H2,1-2H3. The van der Waals surface area contributed by atoms with E-state index in [1.165, 1.54) is 0 Å². The van der Waals surface area contributed by atoms with Crippen molar-refractivity contribution in [3.63, 3.8) is 0 Å². The van der Waals surface area contributed by atoms with Crippen molar-refractivity contribution < 1.29 is 24.9 Å². The van der Waals surface area contributed by atoms with E-state index in [-0.39, 0.29) is 6.42 Å². The first-order valence-electron chi connectivity index (χ1n) is 5.05. The number of aliphatic hydroxyl groups is 3. The maximum Gasteiger partial charge on any atom is 0.236 e. The molecular weight excluding hydrogens is 214 g/mol. The number of hydrogen-bond acceptors (Lipinski definition) is 5. The van der Waals surface area contributed by atoms with Crippen molar-refractivity contribution >= 4 is 11.8 Å². The Morgan fingerprint density at radius 3 is 1.88 bits per heavy atom. The van der Waals surface area contributed by atoms with Gasteiger partial charge in [-0.1, -0.05) is 13.8 Å². The summed E-state index contributed by atoms with van der Waals surface area (Å²) in [5.41, 5.74) is -2.44. The van der Waals surface area contributed by atoms with Gasteiger partial charge in [-0.15, -0.1) is 0 Å². The molecule has 3 N–H and O–H groups in total. The Morgan fingerprint density at radius 2 is 1.62 bits per heavy atom. The highest BCUT2D eigenvalue weighted by atomic mass is 16.3. The van der Waals surface area contributed by atoms with Crippen molar-refractivity contribution in [2.24, 2.45) is 5.41 Å². The van der Waals surface area contributed by atoms with Gasteiger partial charge in [0, 0.05) is 6.42 Å². The number of amides is 2. The van der Waals surface area contributed by atoms with Gasteiger partial charge in [-0.3, -0.25) is 14.5 Å². The molecule has 0 aliphatic carbocycles. The first kappa shape index (κ1) is 13.1. The van der Waals surface area contributed by atoms with Gasteiger partial charge in [-0.25, -0.2) is 0 Å². The quantitative estimate of drug-likeness (QED) is 0.511. The average molecular weight is 231 g/mol. The number of rotatable bonds is 4. The predicted octanol–water partition coefficient (Wildman–Crippen LogP) is -1.51. The van der Waals surface area contributed by atoms with Crippen molar-refractivity contribution in [1.82, 2.24) is 4.90 Å². The molecule has 0 unspecified atom stereocenters. The van der Waals surface area contributed by atoms with Crippen LogP contribution in [-0.2, 0) is 9.59 Å². The van der Waals surface area contributed by atoms with Crippen LogP contribution < -0.4 is 0 Å². The molecule has 1 saturated heterocycles. The lowest BCUT2D eigenvalue weighted by molar-refractivity contribution is -0.155. The second kappa shape index (κ2) is 4.12. The Bertz CT molecular complexity index is 300. The molecule has 1 heterocycles. The Kier molecular flexibility index (Phi) is 3.37. The van der Waals surface area contributed by atoms with Crippen LogP contribution in [-0.4, -0.2) is 57.4 Å². The van der Waals surface area contributed by atoms with Gasteiger partial charge in [-0.2, -0.15) is 0 Å². The van der Waals surface area contributed by atoms with Crippen LogP contribution in [0, 0.1) is 5.41 Å². The molecule has 1 aliphatic heterocycles. The van der Waals surface area contributed by atoms with Gasteiger partial charge in [0.1, 0.15) is 5.54 Å². The fraction of sp³-hybridized carbons (Fsp3) is 0.800. The molecule has 1 aliphatic rings. The first-order valence-corrected chi connectivity index (χ1v) is 5.05. The molecule has 1 fully saturated rings. The minimum Gasteiger partial charge on any atom is -0.394 e. The monoisotopic (exact) mass is 231 g/mol. The lowest BCUT2D eigenvalue weighted by Gasteiger charge is -2.36. The topological polar surface area (TPSA) is 98.1 Å². The zero-order chi connectivity index (χ0) is 12.6. The molecule has 0 spiro atoms. The third-order valence-electron chi connectivity index (χ3n) is 2.98. The van der Waals surface area contributed by atoms with E-state index in [1.54, 1.807) is 13.8 Å². The molecule has 6 heteroatoms. The lowest BCUT2D eigenvalue weighted by atomic mass is 9.91. The normalized spacial score (nSPS) is 20.7. The van der Waals surface area contributed by atoms with Crippen LogP contribution in [0.25, 0.3) is 0 Å². The van der Waals surface area contributed by atoms with Gasteiger partial charge in [0.2, 0.25) is 11.8 Å². The highest BCUT2D eigenvalue weighted by molar-refractivity contribution is 6.06. The molecular formula is C10H17NO5. The van der Waals surface area contributed by atoms with E-state index >= 15 is 0 Å². The second-order valence-electron chi connectivity index (χ2n) is 4.79. The van der Waals surface area contributed by atoms with E-state index in [9.17, 15) is 24.9 Å². The van der Waals surface area contributed by atoms with E-state index < -0.39 is 42.6 Å². The number of likely N-dealkylation sites (tertiary alicyclic amines) is 1. The third-order valence-corrected chi connectivity index (χ3v) is 2.98. The molecule has 92 valence electrons. The lowest BCUT2D eigenvalue weighted by Crippen LogP contribution is -2.60. The fourth-order valence-corrected chi connectivity index (χ4v) is 1.79. The number of carbonyl (C=O) groups excluding carboxylic acids is 2. The number of imide groups is 1. The van der Waals surface area contributed by atoms with Gasteiger partial charge in [0.05, 0.1) is 25.2 Å². The van der Waals surface area contributed by atoms with Crippen molar-refractivity contribution in [1.29, 1.82) is 0 Å². The minimum absolute atomic E-state index is 0.0214. The van der Waals surface area contributed by atoms with Gasteiger partial charge in [-0.05, 0) is 0 Å². The summed E-state index contributed by atoms with van der Waals surface area (Å²) in [4.78, 5) is 24.4. The molecule has 1 rings (SSSR count). The van der Waals surface area contributed by atoms with Crippen LogP contribution in [0.5, 0.6) is 0 Å². The van der Waals surface area contributed by atoms with Crippen LogP contribution in [0.3, 0.4) is 0 Å². The maximum absolute atomic E-state index is 11.9. The Labute approximate surface area is 93.5 Å². The predicted molar refractivity (Wildman–Crippen MR) is 54.2 cm³/mol. The summed E-state index contributed by atoms with van der Waals surface area (Å²) in [5, 5.41) is 27.5. The minimum atomic E-state index is -1.60. The number of aliphatic hydroxyl groups excluding tert-OH is 3. The SMILES string of the molecule is CC1(C)CC(=O)N(C(CO)(CO)CO)C1=O. The smallest absolute Gasteiger partial charge is 0.236 e. The van der Waals surface area contributed by atoms with Gasteiger partial charge in [0.25, 0.3) is 0 Å². The number of hydrogen-bond donors (Lipinski definition) is 3. The summed E-state index contributed by atoms with van der Waals surface area (Å²) >= 11 is 0. The van der Waals surface area contributed by atoms with Gasteiger partial charge >= 0.3 is 0 Å². The van der Waals surface area contributed by atoms with Crippen molar-refractivity contribution in [3.8, 4) is 0 Å². The van der Waals surface area contributed by atoms with E-state index in [2.05, 4.69) is 0 Å². The van der Waals surface area contributed by atoms with Crippen LogP contribution in [0.2, 0.25) is 0 Å². The third kappa shape index (κ3) is 1.73. The summed E-state index contributed by atoms with van der Waals surface area (Å²) in [6, 6.07) is 0. The van der Waals surface area contributed by atoms with Crippen LogP contribution in [0.1, 0.15) is 20.3 Å². The van der Waals surface area contributed by atoms with E-state index in [4.69, 9.17) is 0 Å². The fourth-order valence-electron chi connectivity index (χ4n) is 1.79. The molecule has 0 saturated carbocycles. The zero-order valence-corrected chi connectivity index (χ0v) is 9.43. The molecule has 6 nitrogen and oxygen atoms in total. The Balaban J connectivity index is 3.13. The molecule has 0 atom stereocenters. The van der Waals surface area contributed by atoms with E-state index in [0.717, 1.165) is 4.90 Å². The summed E-state index contributed by atoms with van der Waals surface area (Å²) in [6.45, 7) is 1.25. The summed E-state index contributed by atoms with van der Waals surface area (Å²) < 4.78 is 0. The number of carbonyl (C=O) groups is 2. The van der Waals surface area contributed by atoms with Crippen LogP contribution >= 0.6 is 0 Å². The van der Waals surface area contributed by atoms with Gasteiger partial charge in [0.15, 0.2) is 0 Å². The zero-order valence-electron chi connectivity index (χ0n) is 9.43. The maximum atomic E-state index is 11.9. The Hall–Kier alpha value is -0.980. The highest BCUT2D eigenvalue weighted by Gasteiger charge is 2.53. The van der Waals surface area contributed by atoms with Crippen LogP contribution in [0.15, 0.2) is 0 Å². The van der Waals surface area contributed by atoms with E-state index in [0.29, 0.717) is 0 Å². The van der Waals surface area contributed by atoms with Crippen molar-refractivity contribution in [2.75, 3.05) is 19.8 Å². The number of nitrogens with zero attached hydrogens (tertiary/aromatic N) is 1. The molecule has 0 aromatic heterocycles. The van der Waals surface area contributed by atoms with Crippen molar-refractivity contribution in [2.45, 2.75) is 25.8 Å². The van der Waals surface area contributed by atoms with Crippen molar-refractivity contribution in [3.05, 3.63) is 0 Å². The molecule has 0 aromatic rings. The molecule has 16 heavy (non-hydrogen) atoms. The largest absolute Gasteiger partial charge is 0.394 e. The molecule has 2 amide bonds.